The van der Waals surface area contributed by atoms with E-state index in [0.29, 0.717) is 5.95 Å². The number of rotatable bonds is 3. The Morgan fingerprint density at radius 3 is 2.58 bits per heavy atom. The number of aromatic nitrogens is 3. The van der Waals surface area contributed by atoms with Crippen molar-refractivity contribution in [2.24, 2.45) is 0 Å². The molecule has 3 aromatic carbocycles. The summed E-state index contributed by atoms with van der Waals surface area (Å²) in [5, 5.41) is 8.10. The van der Waals surface area contributed by atoms with Gasteiger partial charge in [-0.1, -0.05) is 46.3 Å². The van der Waals surface area contributed by atoms with Crippen molar-refractivity contribution in [3.8, 4) is 11.5 Å². The summed E-state index contributed by atoms with van der Waals surface area (Å²) in [4.78, 5) is 4.49. The van der Waals surface area contributed by atoms with E-state index in [0.717, 1.165) is 48.4 Å². The van der Waals surface area contributed by atoms with Gasteiger partial charge in [-0.25, -0.2) is 4.68 Å². The van der Waals surface area contributed by atoms with Crippen LogP contribution in [-0.2, 0) is 0 Å². The molecule has 0 fully saturated rings. The lowest BCUT2D eigenvalue weighted by Gasteiger charge is -2.39. The molecule has 0 saturated carbocycles. The Labute approximate surface area is 207 Å². The fourth-order valence-electron chi connectivity index (χ4n) is 4.50. The van der Waals surface area contributed by atoms with Gasteiger partial charge in [-0.05, 0) is 63.5 Å². The second kappa shape index (κ2) is 8.04. The standard InChI is InChI=1S/C25H18Br2N4O2/c1-32-20-11-8-15(12-18(20)27)23-21-22(30-25-28-13-29-31(23)25)17-4-2-3-5-19(17)33-24(21)14-6-9-16(26)10-7-14/h2-13,23-24H,1H3,(H,28,29,30)/t23-,24-/m0/s1. The number of benzene rings is 3. The number of nitrogens with one attached hydrogen (secondary N) is 1. The monoisotopic (exact) mass is 564 g/mol. The fourth-order valence-corrected chi connectivity index (χ4v) is 5.33. The third kappa shape index (κ3) is 3.36. The third-order valence-electron chi connectivity index (χ3n) is 5.99. The van der Waals surface area contributed by atoms with Crippen molar-refractivity contribution in [1.29, 1.82) is 0 Å². The van der Waals surface area contributed by atoms with Gasteiger partial charge >= 0.3 is 0 Å². The molecule has 6 rings (SSSR count). The summed E-state index contributed by atoms with van der Waals surface area (Å²) < 4.78 is 15.9. The number of hydrogen-bond acceptors (Lipinski definition) is 5. The number of halogens is 2. The minimum atomic E-state index is -0.307. The van der Waals surface area contributed by atoms with Crippen LogP contribution in [0.1, 0.15) is 28.8 Å². The van der Waals surface area contributed by atoms with Crippen molar-refractivity contribution >= 4 is 43.5 Å². The van der Waals surface area contributed by atoms with Crippen LogP contribution in [0.4, 0.5) is 5.95 Å². The van der Waals surface area contributed by atoms with E-state index in [4.69, 9.17) is 9.47 Å². The molecule has 4 aromatic rings. The summed E-state index contributed by atoms with van der Waals surface area (Å²) >= 11 is 7.19. The molecule has 164 valence electrons. The van der Waals surface area contributed by atoms with Gasteiger partial charge in [0.1, 0.15) is 30.0 Å². The first-order valence-electron chi connectivity index (χ1n) is 10.4. The topological polar surface area (TPSA) is 61.2 Å². The molecule has 6 nitrogen and oxygen atoms in total. The van der Waals surface area contributed by atoms with Crippen LogP contribution in [0.3, 0.4) is 0 Å². The number of anilines is 1. The van der Waals surface area contributed by atoms with Gasteiger partial charge in [-0.2, -0.15) is 10.1 Å². The third-order valence-corrected chi connectivity index (χ3v) is 7.13. The van der Waals surface area contributed by atoms with Gasteiger partial charge in [0.2, 0.25) is 5.95 Å². The zero-order valence-electron chi connectivity index (χ0n) is 17.5. The van der Waals surface area contributed by atoms with Gasteiger partial charge in [0.15, 0.2) is 0 Å². The highest BCUT2D eigenvalue weighted by Crippen LogP contribution is 2.51. The molecule has 0 bridgehead atoms. The lowest BCUT2D eigenvalue weighted by Crippen LogP contribution is -2.32. The van der Waals surface area contributed by atoms with Crippen LogP contribution in [0.5, 0.6) is 11.5 Å². The number of nitrogens with zero attached hydrogens (tertiary/aromatic N) is 3. The molecule has 3 heterocycles. The molecule has 1 N–H and O–H groups in total. The molecule has 2 atom stereocenters. The number of ether oxygens (including phenoxy) is 2. The Bertz CT molecular complexity index is 1400. The van der Waals surface area contributed by atoms with Crippen LogP contribution in [0.25, 0.3) is 5.70 Å². The maximum Gasteiger partial charge on any atom is 0.226 e. The molecule has 0 aliphatic carbocycles. The van der Waals surface area contributed by atoms with Crippen molar-refractivity contribution in [2.75, 3.05) is 12.4 Å². The van der Waals surface area contributed by atoms with Crippen LogP contribution in [0.15, 0.2) is 87.6 Å². The Morgan fingerprint density at radius 2 is 1.79 bits per heavy atom. The lowest BCUT2D eigenvalue weighted by molar-refractivity contribution is 0.223. The minimum absolute atomic E-state index is 0.219. The van der Waals surface area contributed by atoms with E-state index in [-0.39, 0.29) is 12.1 Å². The zero-order chi connectivity index (χ0) is 22.5. The highest BCUT2D eigenvalue weighted by atomic mass is 79.9. The number of hydrogen-bond donors (Lipinski definition) is 1. The second-order valence-corrected chi connectivity index (χ2v) is 9.60. The molecule has 1 aromatic heterocycles. The molecular formula is C25H18Br2N4O2. The van der Waals surface area contributed by atoms with Crippen LogP contribution in [-0.4, -0.2) is 21.9 Å². The Morgan fingerprint density at radius 1 is 1.00 bits per heavy atom. The predicted octanol–water partition coefficient (Wildman–Crippen LogP) is 6.37. The maximum atomic E-state index is 6.63. The summed E-state index contributed by atoms with van der Waals surface area (Å²) in [6, 6.07) is 22.2. The van der Waals surface area contributed by atoms with E-state index >= 15 is 0 Å². The second-order valence-electron chi connectivity index (χ2n) is 7.83. The van der Waals surface area contributed by atoms with Gasteiger partial charge < -0.3 is 14.8 Å². The summed E-state index contributed by atoms with van der Waals surface area (Å²) in [5.74, 6) is 2.30. The maximum absolute atomic E-state index is 6.63. The average molecular weight is 566 g/mol. The van der Waals surface area contributed by atoms with Gasteiger partial charge in [0.25, 0.3) is 0 Å². The van der Waals surface area contributed by atoms with Crippen molar-refractivity contribution in [1.82, 2.24) is 14.8 Å². The first-order chi connectivity index (χ1) is 16.1. The SMILES string of the molecule is COc1ccc([C@H]2C3=C(Nc4ncnn42)c2ccccc2O[C@H]3c2ccc(Br)cc2)cc1Br. The molecule has 2 aliphatic rings. The smallest absolute Gasteiger partial charge is 0.226 e. The summed E-state index contributed by atoms with van der Waals surface area (Å²) in [7, 11) is 1.66. The first kappa shape index (κ1) is 20.5. The first-order valence-corrected chi connectivity index (χ1v) is 12.0. The van der Waals surface area contributed by atoms with Crippen molar-refractivity contribution < 1.29 is 9.47 Å². The molecule has 0 amide bonds. The quantitative estimate of drug-likeness (QED) is 0.313. The Kier molecular flexibility index (Phi) is 4.99. The zero-order valence-corrected chi connectivity index (χ0v) is 20.7. The molecular weight excluding hydrogens is 548 g/mol. The van der Waals surface area contributed by atoms with Crippen LogP contribution >= 0.6 is 31.9 Å². The van der Waals surface area contributed by atoms with E-state index in [1.54, 1.807) is 13.4 Å². The predicted molar refractivity (Wildman–Crippen MR) is 133 cm³/mol. The normalized spacial score (nSPS) is 18.5. The summed E-state index contributed by atoms with van der Waals surface area (Å²) in [6.45, 7) is 0. The minimum Gasteiger partial charge on any atom is -0.496 e. The van der Waals surface area contributed by atoms with Gasteiger partial charge in [0, 0.05) is 15.6 Å². The van der Waals surface area contributed by atoms with Gasteiger partial charge in [0.05, 0.1) is 17.3 Å². The number of fused-ring (bicyclic) bond motifs is 3. The highest BCUT2D eigenvalue weighted by molar-refractivity contribution is 9.10. The van der Waals surface area contributed by atoms with Crippen molar-refractivity contribution in [2.45, 2.75) is 12.1 Å². The molecule has 0 spiro atoms. The Balaban J connectivity index is 1.61. The van der Waals surface area contributed by atoms with Crippen LogP contribution in [0, 0.1) is 0 Å². The molecule has 0 unspecified atom stereocenters. The van der Waals surface area contributed by atoms with E-state index in [9.17, 15) is 0 Å². The molecule has 0 saturated heterocycles. The lowest BCUT2D eigenvalue weighted by atomic mass is 9.84. The van der Waals surface area contributed by atoms with Crippen LogP contribution in [0.2, 0.25) is 0 Å². The van der Waals surface area contributed by atoms with Crippen molar-refractivity contribution in [3.05, 3.63) is 104 Å². The van der Waals surface area contributed by atoms with E-state index in [2.05, 4.69) is 77.6 Å². The summed E-state index contributed by atoms with van der Waals surface area (Å²) in [6.07, 6.45) is 1.27. The van der Waals surface area contributed by atoms with E-state index in [1.807, 2.05) is 41.1 Å². The van der Waals surface area contributed by atoms with Crippen LogP contribution < -0.4 is 14.8 Å². The largest absolute Gasteiger partial charge is 0.496 e. The number of methoxy groups -OCH3 is 1. The van der Waals surface area contributed by atoms with Gasteiger partial charge in [-0.3, -0.25) is 0 Å². The summed E-state index contributed by atoms with van der Waals surface area (Å²) in [5.41, 5.74) is 5.19. The fraction of sp³-hybridized carbons (Fsp3) is 0.120. The molecule has 0 radical (unpaired) electrons. The van der Waals surface area contributed by atoms with Crippen molar-refractivity contribution in [3.63, 3.8) is 0 Å². The highest BCUT2D eigenvalue weighted by Gasteiger charge is 2.41. The average Bonchev–Trinajstić information content (AvgIpc) is 3.31. The Hall–Kier alpha value is -3.10. The molecule has 2 aliphatic heterocycles. The van der Waals surface area contributed by atoms with Gasteiger partial charge in [-0.15, -0.1) is 0 Å². The van der Waals surface area contributed by atoms with E-state index < -0.39 is 0 Å². The van der Waals surface area contributed by atoms with E-state index in [1.165, 1.54) is 0 Å². The molecule has 33 heavy (non-hydrogen) atoms. The number of para-hydroxylation sites is 1. The molecule has 8 heteroatoms.